The molecule has 0 atom stereocenters. The average Bonchev–Trinajstić information content (AvgIpc) is 4.08. The van der Waals surface area contributed by atoms with Crippen molar-refractivity contribution in [1.82, 2.24) is 19.9 Å². The fraction of sp³-hybridized carbons (Fsp3) is 0.444. The monoisotopic (exact) mass is 1010 g/mol. The predicted octanol–water partition coefficient (Wildman–Crippen LogP) is 19.2. The third-order valence-electron chi connectivity index (χ3n) is 15.7. The van der Waals surface area contributed by atoms with Crippen LogP contribution in [0.2, 0.25) is 0 Å². The Kier molecular flexibility index (Phi) is 25.2. The van der Waals surface area contributed by atoms with Gasteiger partial charge >= 0.3 is 0 Å². The summed E-state index contributed by atoms with van der Waals surface area (Å²) in [7, 11) is 0. The zero-order valence-electron chi connectivity index (χ0n) is 47.4. The highest BCUT2D eigenvalue weighted by atomic mass is 14.8. The highest BCUT2D eigenvalue weighted by Gasteiger charge is 2.28. The summed E-state index contributed by atoms with van der Waals surface area (Å²) in [6.45, 7) is 9.38. The second-order valence-corrected chi connectivity index (χ2v) is 21.5. The minimum Gasteiger partial charge on any atom is -0.255 e. The first kappa shape index (κ1) is 57.7. The Labute approximate surface area is 460 Å². The molecule has 0 radical (unpaired) electrons. The number of hydrogen-bond acceptors (Lipinski definition) is 4. The zero-order valence-corrected chi connectivity index (χ0v) is 47.4. The van der Waals surface area contributed by atoms with Gasteiger partial charge in [0.1, 0.15) is 0 Å². The molecule has 2 aliphatic rings. The van der Waals surface area contributed by atoms with Crippen molar-refractivity contribution in [3.63, 3.8) is 0 Å². The zero-order chi connectivity index (χ0) is 52.8. The summed E-state index contributed by atoms with van der Waals surface area (Å²) in [5.74, 6) is 0. The van der Waals surface area contributed by atoms with Crippen LogP contribution >= 0.6 is 0 Å². The van der Waals surface area contributed by atoms with Crippen LogP contribution < -0.4 is 10.4 Å². The van der Waals surface area contributed by atoms with Crippen LogP contribution in [0, 0.1) is 0 Å². The third-order valence-corrected chi connectivity index (χ3v) is 15.7. The van der Waals surface area contributed by atoms with E-state index in [0.717, 1.165) is 22.8 Å². The van der Waals surface area contributed by atoms with E-state index >= 15 is 0 Å². The van der Waals surface area contributed by atoms with Gasteiger partial charge in [-0.25, -0.2) is 0 Å². The number of hydrogen-bond donors (Lipinski definition) is 0. The lowest BCUT2D eigenvalue weighted by Gasteiger charge is -2.25. The predicted molar refractivity (Wildman–Crippen MR) is 327 cm³/mol. The molecule has 4 aromatic heterocycles. The number of pyridine rings is 4. The molecular weight excluding hydrogens is 921 g/mol. The molecule has 0 saturated carbocycles. The quantitative estimate of drug-likeness (QED) is 0.0421. The minimum atomic E-state index is 0.915. The van der Waals surface area contributed by atoms with Crippen molar-refractivity contribution in [2.75, 3.05) is 0 Å². The summed E-state index contributed by atoms with van der Waals surface area (Å²) in [4.78, 5) is 16.7. The number of rotatable bonds is 30. The van der Waals surface area contributed by atoms with Crippen LogP contribution in [0.3, 0.4) is 0 Å². The van der Waals surface area contributed by atoms with Gasteiger partial charge in [0.05, 0.1) is 22.8 Å². The number of unbranched alkanes of at least 4 members (excludes halogenated alkanes) is 20. The maximum atomic E-state index is 4.19. The summed E-state index contributed by atoms with van der Waals surface area (Å²) >= 11 is 0. The van der Waals surface area contributed by atoms with Crippen LogP contribution in [-0.2, 0) is 25.7 Å². The van der Waals surface area contributed by atoms with Gasteiger partial charge in [-0.05, 0) is 178 Å². The maximum absolute atomic E-state index is 4.19. The standard InChI is InChI=1S/C52H76.2C10H8N2/c1-5-9-13-17-21-25-33-43-44(34-26-22-18-14-10-6-2)47(36-28-24-20-16-12-8-4)52-48-38-37-46-42-32-30-29-31-41(42)39-49(46)50(48)40-51(52)45(43)35-27-23-19-15-11-7-3;2*1-3-7-11-9(5-1)10-6-2-4-8-12-10/h29-32,37-40H,5-28,33-36H2,1-4H3;2*1-8H. The van der Waals surface area contributed by atoms with E-state index in [4.69, 9.17) is 0 Å². The van der Waals surface area contributed by atoms with Crippen molar-refractivity contribution in [2.24, 2.45) is 0 Å². The van der Waals surface area contributed by atoms with Crippen LogP contribution in [0.1, 0.15) is 215 Å². The van der Waals surface area contributed by atoms with E-state index in [1.54, 1.807) is 52.6 Å². The molecular formula is C72H92N4. The normalized spacial score (nSPS) is 11.5. The summed E-state index contributed by atoms with van der Waals surface area (Å²) in [6, 6.07) is 37.3. The number of aromatic nitrogens is 4. The Hall–Kier alpha value is -6.00. The molecule has 76 heavy (non-hydrogen) atoms. The van der Waals surface area contributed by atoms with Gasteiger partial charge in [-0.3, -0.25) is 19.9 Å². The Balaban J connectivity index is 0.000000281. The van der Waals surface area contributed by atoms with Crippen LogP contribution in [0.15, 0.2) is 134 Å². The Morgan fingerprint density at radius 1 is 0.276 bits per heavy atom. The summed E-state index contributed by atoms with van der Waals surface area (Å²) in [5, 5.41) is 2.99. The van der Waals surface area contributed by atoms with Crippen molar-refractivity contribution < 1.29 is 0 Å². The highest BCUT2D eigenvalue weighted by Crippen LogP contribution is 2.42. The summed E-state index contributed by atoms with van der Waals surface area (Å²) in [5.41, 5.74) is 19.9. The molecule has 4 heterocycles. The molecule has 9 rings (SSSR count). The van der Waals surface area contributed by atoms with Crippen molar-refractivity contribution in [2.45, 2.75) is 207 Å². The topological polar surface area (TPSA) is 51.6 Å². The molecule has 7 aromatic rings. The SMILES string of the molecule is CCCCCCCCc1c2c(c(CCCCCCCC)c(CCCCCCCC)c1CCCCCCCC)-c1ccc3c(c1=C2)=Cc1ccccc1-3.c1ccc(-c2ccccn2)nc1.c1ccc(-c2ccccn2)nc1. The molecule has 0 unspecified atom stereocenters. The molecule has 0 aliphatic heterocycles. The lowest BCUT2D eigenvalue weighted by Crippen LogP contribution is -2.25. The van der Waals surface area contributed by atoms with Crippen LogP contribution in [0.5, 0.6) is 0 Å². The Bertz CT molecular complexity index is 2710. The van der Waals surface area contributed by atoms with Crippen LogP contribution in [-0.4, -0.2) is 19.9 Å². The smallest absolute Gasteiger partial charge is 0.0886 e. The molecule has 4 nitrogen and oxygen atoms in total. The van der Waals surface area contributed by atoms with E-state index in [0.29, 0.717) is 0 Å². The van der Waals surface area contributed by atoms with E-state index in [1.807, 2.05) is 83.9 Å². The van der Waals surface area contributed by atoms with Crippen molar-refractivity contribution >= 4 is 12.2 Å². The van der Waals surface area contributed by atoms with E-state index in [1.165, 1.54) is 207 Å². The fourth-order valence-electron chi connectivity index (χ4n) is 11.6. The van der Waals surface area contributed by atoms with Gasteiger partial charge in [0.15, 0.2) is 0 Å². The lowest BCUT2D eigenvalue weighted by molar-refractivity contribution is 0.588. The minimum absolute atomic E-state index is 0.915. The van der Waals surface area contributed by atoms with Gasteiger partial charge in [-0.15, -0.1) is 0 Å². The third kappa shape index (κ3) is 17.0. The van der Waals surface area contributed by atoms with Gasteiger partial charge in [0.2, 0.25) is 0 Å². The van der Waals surface area contributed by atoms with E-state index in [-0.39, 0.29) is 0 Å². The first-order valence-electron chi connectivity index (χ1n) is 30.5. The highest BCUT2D eigenvalue weighted by molar-refractivity contribution is 5.93. The molecule has 3 aromatic carbocycles. The second kappa shape index (κ2) is 33.2. The number of fused-ring (bicyclic) bond motifs is 7. The molecule has 0 amide bonds. The molecule has 0 N–H and O–H groups in total. The molecule has 0 spiro atoms. The molecule has 400 valence electrons. The molecule has 4 heteroatoms. The van der Waals surface area contributed by atoms with Crippen LogP contribution in [0.25, 0.3) is 57.2 Å². The van der Waals surface area contributed by atoms with Gasteiger partial charge in [0.25, 0.3) is 0 Å². The van der Waals surface area contributed by atoms with Crippen LogP contribution in [0.4, 0.5) is 0 Å². The first-order valence-corrected chi connectivity index (χ1v) is 30.5. The van der Waals surface area contributed by atoms with Crippen molar-refractivity contribution in [3.8, 4) is 45.0 Å². The lowest BCUT2D eigenvalue weighted by atomic mass is 9.79. The number of benzene rings is 3. The fourth-order valence-corrected chi connectivity index (χ4v) is 11.6. The maximum Gasteiger partial charge on any atom is 0.0886 e. The Morgan fingerprint density at radius 2 is 0.618 bits per heavy atom. The van der Waals surface area contributed by atoms with E-state index in [2.05, 4.69) is 96.2 Å². The van der Waals surface area contributed by atoms with Gasteiger partial charge < -0.3 is 0 Å². The second-order valence-electron chi connectivity index (χ2n) is 21.5. The number of nitrogens with zero attached hydrogens (tertiary/aromatic N) is 4. The van der Waals surface area contributed by atoms with Crippen molar-refractivity contribution in [3.05, 3.63) is 178 Å². The van der Waals surface area contributed by atoms with Gasteiger partial charge in [-0.1, -0.05) is 217 Å². The molecule has 2 aliphatic carbocycles. The summed E-state index contributed by atoms with van der Waals surface area (Å²) in [6.07, 6.45) is 50.4. The van der Waals surface area contributed by atoms with E-state index < -0.39 is 0 Å². The first-order chi connectivity index (χ1) is 37.7. The molecule has 0 saturated heterocycles. The van der Waals surface area contributed by atoms with Crippen molar-refractivity contribution in [1.29, 1.82) is 0 Å². The summed E-state index contributed by atoms with van der Waals surface area (Å²) < 4.78 is 0. The Morgan fingerprint density at radius 3 is 1.04 bits per heavy atom. The average molecular weight is 1010 g/mol. The van der Waals surface area contributed by atoms with E-state index in [9.17, 15) is 0 Å². The molecule has 0 fully saturated rings. The van der Waals surface area contributed by atoms with Gasteiger partial charge in [0, 0.05) is 24.8 Å². The van der Waals surface area contributed by atoms with Gasteiger partial charge in [-0.2, -0.15) is 0 Å². The molecule has 0 bridgehead atoms. The largest absolute Gasteiger partial charge is 0.255 e.